The summed E-state index contributed by atoms with van der Waals surface area (Å²) < 4.78 is 5.80. The number of unbranched alkanes of at least 4 members (excludes halogenated alkanes) is 1. The molecule has 1 fully saturated rings. The second-order valence-electron chi connectivity index (χ2n) is 7.77. The van der Waals surface area contributed by atoms with E-state index in [4.69, 9.17) is 4.74 Å². The van der Waals surface area contributed by atoms with Gasteiger partial charge in [0.1, 0.15) is 11.4 Å². The minimum atomic E-state index is 0.104. The molecule has 2 aromatic carbocycles. The van der Waals surface area contributed by atoms with Gasteiger partial charge in [-0.2, -0.15) is 0 Å². The summed E-state index contributed by atoms with van der Waals surface area (Å²) in [5.41, 5.74) is 2.95. The number of carbonyl (C=O) groups is 1. The van der Waals surface area contributed by atoms with Crippen LogP contribution in [0.3, 0.4) is 0 Å². The van der Waals surface area contributed by atoms with E-state index in [2.05, 4.69) is 28.9 Å². The quantitative estimate of drug-likeness (QED) is 0.617. The van der Waals surface area contributed by atoms with Gasteiger partial charge in [-0.15, -0.1) is 0 Å². The highest BCUT2D eigenvalue weighted by atomic mass is 16.5. The summed E-state index contributed by atoms with van der Waals surface area (Å²) >= 11 is 0. The van der Waals surface area contributed by atoms with Crippen LogP contribution >= 0.6 is 0 Å². The number of para-hydroxylation sites is 1. The third-order valence-electron chi connectivity index (χ3n) is 5.58. The monoisotopic (exact) mass is 391 g/mol. The van der Waals surface area contributed by atoms with Gasteiger partial charge < -0.3 is 14.6 Å². The van der Waals surface area contributed by atoms with Crippen LogP contribution in [0, 0.1) is 6.92 Å². The number of amides is 1. The lowest BCUT2D eigenvalue weighted by Crippen LogP contribution is -2.48. The Kier molecular flexibility index (Phi) is 6.15. The normalized spacial score (nSPS) is 15.0. The van der Waals surface area contributed by atoms with Crippen LogP contribution in [0.4, 0.5) is 0 Å². The fourth-order valence-corrected chi connectivity index (χ4v) is 3.80. The van der Waals surface area contributed by atoms with E-state index in [1.54, 1.807) is 0 Å². The van der Waals surface area contributed by atoms with E-state index < -0.39 is 0 Å². The fourth-order valence-electron chi connectivity index (χ4n) is 3.80. The maximum atomic E-state index is 12.8. The van der Waals surface area contributed by atoms with Crippen LogP contribution in [-0.2, 0) is 0 Å². The third-order valence-corrected chi connectivity index (χ3v) is 5.58. The number of hydrogen-bond donors (Lipinski definition) is 1. The van der Waals surface area contributed by atoms with E-state index in [-0.39, 0.29) is 5.91 Å². The molecule has 1 aromatic heterocycles. The second kappa shape index (κ2) is 9.14. The van der Waals surface area contributed by atoms with E-state index in [0.717, 1.165) is 68.8 Å². The Morgan fingerprint density at radius 1 is 1.00 bits per heavy atom. The largest absolute Gasteiger partial charge is 0.494 e. The zero-order chi connectivity index (χ0) is 20.1. The number of ether oxygens (including phenoxy) is 1. The molecule has 0 aliphatic carbocycles. The molecular formula is C24H29N3O2. The number of rotatable bonds is 7. The van der Waals surface area contributed by atoms with Crippen molar-refractivity contribution in [2.75, 3.05) is 39.3 Å². The molecule has 4 rings (SSSR count). The lowest BCUT2D eigenvalue weighted by molar-refractivity contribution is 0.0629. The van der Waals surface area contributed by atoms with Gasteiger partial charge in [0.25, 0.3) is 5.91 Å². The smallest absolute Gasteiger partial charge is 0.270 e. The van der Waals surface area contributed by atoms with Crippen molar-refractivity contribution in [1.82, 2.24) is 14.8 Å². The Morgan fingerprint density at radius 3 is 2.52 bits per heavy atom. The van der Waals surface area contributed by atoms with Gasteiger partial charge in [-0.05, 0) is 50.6 Å². The highest BCUT2D eigenvalue weighted by Crippen LogP contribution is 2.17. The Bertz CT molecular complexity index is 907. The lowest BCUT2D eigenvalue weighted by atomic mass is 10.2. The van der Waals surface area contributed by atoms with Gasteiger partial charge in [0.05, 0.1) is 6.61 Å². The van der Waals surface area contributed by atoms with Gasteiger partial charge in [0, 0.05) is 37.1 Å². The number of hydrogen-bond acceptors (Lipinski definition) is 3. The SMILES string of the molecule is Cc1ccc(OCCCCN2CCN(C(=O)c3cc4ccccc4[nH]3)CC2)cc1. The Hall–Kier alpha value is -2.79. The van der Waals surface area contributed by atoms with Gasteiger partial charge in [-0.1, -0.05) is 35.9 Å². The number of aryl methyl sites for hydroxylation is 1. The summed E-state index contributed by atoms with van der Waals surface area (Å²) in [6.45, 7) is 7.34. The molecule has 1 aliphatic rings. The van der Waals surface area contributed by atoms with E-state index in [1.165, 1.54) is 5.56 Å². The topological polar surface area (TPSA) is 48.6 Å². The number of aromatic nitrogens is 1. The highest BCUT2D eigenvalue weighted by molar-refractivity contribution is 5.98. The summed E-state index contributed by atoms with van der Waals surface area (Å²) in [6, 6.07) is 18.2. The van der Waals surface area contributed by atoms with E-state index in [9.17, 15) is 4.79 Å². The molecule has 5 nitrogen and oxygen atoms in total. The van der Waals surface area contributed by atoms with Gasteiger partial charge in [0.15, 0.2) is 0 Å². The minimum absolute atomic E-state index is 0.104. The average molecular weight is 392 g/mol. The van der Waals surface area contributed by atoms with Crippen LogP contribution < -0.4 is 4.74 Å². The molecule has 0 radical (unpaired) electrons. The first-order valence-corrected chi connectivity index (χ1v) is 10.5. The van der Waals surface area contributed by atoms with Gasteiger partial charge in [-0.3, -0.25) is 9.69 Å². The number of fused-ring (bicyclic) bond motifs is 1. The Morgan fingerprint density at radius 2 is 1.76 bits per heavy atom. The Labute approximate surface area is 172 Å². The number of H-pyrrole nitrogens is 1. The van der Waals surface area contributed by atoms with Crippen molar-refractivity contribution in [3.05, 3.63) is 65.9 Å². The molecule has 0 atom stereocenters. The van der Waals surface area contributed by atoms with Crippen LogP contribution in [0.1, 0.15) is 28.9 Å². The van der Waals surface area contributed by atoms with Crippen molar-refractivity contribution >= 4 is 16.8 Å². The fraction of sp³-hybridized carbons (Fsp3) is 0.375. The number of piperazine rings is 1. The zero-order valence-electron chi connectivity index (χ0n) is 17.1. The first kappa shape index (κ1) is 19.5. The molecule has 3 aromatic rings. The van der Waals surface area contributed by atoms with Crippen LogP contribution in [-0.4, -0.2) is 60.0 Å². The third kappa shape index (κ3) is 4.98. The number of nitrogens with zero attached hydrogens (tertiary/aromatic N) is 2. The molecule has 152 valence electrons. The molecule has 29 heavy (non-hydrogen) atoms. The summed E-state index contributed by atoms with van der Waals surface area (Å²) in [5.74, 6) is 1.05. The van der Waals surface area contributed by atoms with Gasteiger partial charge in [-0.25, -0.2) is 0 Å². The maximum Gasteiger partial charge on any atom is 0.270 e. The molecule has 0 unspecified atom stereocenters. The van der Waals surface area contributed by atoms with Gasteiger partial charge >= 0.3 is 0 Å². The number of nitrogens with one attached hydrogen (secondary N) is 1. The number of carbonyl (C=O) groups excluding carboxylic acids is 1. The van der Waals surface area contributed by atoms with Crippen LogP contribution in [0.15, 0.2) is 54.6 Å². The first-order valence-electron chi connectivity index (χ1n) is 10.5. The van der Waals surface area contributed by atoms with Crippen molar-refractivity contribution < 1.29 is 9.53 Å². The maximum absolute atomic E-state index is 12.8. The molecule has 0 saturated carbocycles. The number of aromatic amines is 1. The molecule has 1 amide bonds. The molecule has 1 aliphatic heterocycles. The summed E-state index contributed by atoms with van der Waals surface area (Å²) in [6.07, 6.45) is 2.16. The molecule has 2 heterocycles. The molecule has 1 saturated heterocycles. The van der Waals surface area contributed by atoms with Crippen LogP contribution in [0.2, 0.25) is 0 Å². The minimum Gasteiger partial charge on any atom is -0.494 e. The molecule has 0 spiro atoms. The summed E-state index contributed by atoms with van der Waals surface area (Å²) in [5, 5.41) is 1.09. The predicted octanol–water partition coefficient (Wildman–Crippen LogP) is 4.09. The summed E-state index contributed by atoms with van der Waals surface area (Å²) in [7, 11) is 0. The molecule has 1 N–H and O–H groups in total. The first-order chi connectivity index (χ1) is 14.2. The standard InChI is InChI=1S/C24H29N3O2/c1-19-8-10-21(11-9-19)29-17-5-4-12-26-13-15-27(16-14-26)24(28)23-18-20-6-2-3-7-22(20)25-23/h2-3,6-11,18,25H,4-5,12-17H2,1H3. The van der Waals surface area contributed by atoms with Crippen molar-refractivity contribution in [3.63, 3.8) is 0 Å². The van der Waals surface area contributed by atoms with E-state index in [0.29, 0.717) is 5.69 Å². The predicted molar refractivity (Wildman–Crippen MR) is 117 cm³/mol. The van der Waals surface area contributed by atoms with Gasteiger partial charge in [0.2, 0.25) is 0 Å². The zero-order valence-corrected chi connectivity index (χ0v) is 17.1. The molecule has 5 heteroatoms. The molecular weight excluding hydrogens is 362 g/mol. The second-order valence-corrected chi connectivity index (χ2v) is 7.77. The van der Waals surface area contributed by atoms with Crippen LogP contribution in [0.25, 0.3) is 10.9 Å². The lowest BCUT2D eigenvalue weighted by Gasteiger charge is -2.34. The van der Waals surface area contributed by atoms with Crippen molar-refractivity contribution in [2.24, 2.45) is 0 Å². The van der Waals surface area contributed by atoms with Crippen molar-refractivity contribution in [1.29, 1.82) is 0 Å². The highest BCUT2D eigenvalue weighted by Gasteiger charge is 2.22. The molecule has 0 bridgehead atoms. The van der Waals surface area contributed by atoms with Crippen molar-refractivity contribution in [3.8, 4) is 5.75 Å². The van der Waals surface area contributed by atoms with E-state index >= 15 is 0 Å². The van der Waals surface area contributed by atoms with Crippen LogP contribution in [0.5, 0.6) is 5.75 Å². The van der Waals surface area contributed by atoms with E-state index in [1.807, 2.05) is 47.4 Å². The summed E-state index contributed by atoms with van der Waals surface area (Å²) in [4.78, 5) is 20.4. The number of benzene rings is 2. The average Bonchev–Trinajstić information content (AvgIpc) is 3.19. The Balaban J connectivity index is 1.16. The van der Waals surface area contributed by atoms with Crippen molar-refractivity contribution in [2.45, 2.75) is 19.8 Å².